The molecule has 2 heteroatoms. The van der Waals surface area contributed by atoms with E-state index in [0.717, 1.165) is 28.0 Å². The minimum absolute atomic E-state index is 0.272. The predicted octanol–water partition coefficient (Wildman–Crippen LogP) is 6.42. The minimum Gasteiger partial charge on any atom is -0.455 e. The summed E-state index contributed by atoms with van der Waals surface area (Å²) in [6.07, 6.45) is 0. The Bertz CT molecular complexity index is 899. The highest BCUT2D eigenvalue weighted by Gasteiger charge is 2.16. The topological polar surface area (TPSA) is 13.1 Å². The summed E-state index contributed by atoms with van der Waals surface area (Å²) in [5, 5.41) is 0. The van der Waals surface area contributed by atoms with Crippen molar-refractivity contribution in [3.8, 4) is 33.8 Å². The van der Waals surface area contributed by atoms with Crippen molar-refractivity contribution in [1.82, 2.24) is 0 Å². The molecule has 0 saturated heterocycles. The molecule has 0 aliphatic heterocycles. The molecule has 0 N–H and O–H groups in total. The fourth-order valence-corrected chi connectivity index (χ4v) is 2.81. The number of hydrogen-bond acceptors (Lipinski definition) is 1. The monoisotopic (exact) mass is 314 g/mol. The van der Waals surface area contributed by atoms with Crippen molar-refractivity contribution in [3.05, 3.63) is 96.8 Å². The van der Waals surface area contributed by atoms with Crippen molar-refractivity contribution >= 4 is 0 Å². The van der Waals surface area contributed by atoms with Crippen LogP contribution in [0.2, 0.25) is 0 Å². The molecule has 116 valence electrons. The fourth-order valence-electron chi connectivity index (χ4n) is 2.81. The lowest BCUT2D eigenvalue weighted by atomic mass is 10.0. The van der Waals surface area contributed by atoms with Crippen molar-refractivity contribution in [2.24, 2.45) is 0 Å². The van der Waals surface area contributed by atoms with E-state index in [0.29, 0.717) is 5.76 Å². The smallest absolute Gasteiger partial charge is 0.142 e. The second kappa shape index (κ2) is 6.17. The van der Waals surface area contributed by atoms with Gasteiger partial charge in [-0.05, 0) is 23.8 Å². The second-order valence-corrected chi connectivity index (χ2v) is 5.60. The van der Waals surface area contributed by atoms with E-state index in [1.54, 1.807) is 6.07 Å². The molecule has 3 aromatic carbocycles. The summed E-state index contributed by atoms with van der Waals surface area (Å²) in [5.74, 6) is 1.18. The first-order chi connectivity index (χ1) is 11.8. The van der Waals surface area contributed by atoms with Crippen LogP contribution in [0.25, 0.3) is 33.8 Å². The first-order valence-corrected chi connectivity index (χ1v) is 7.82. The lowest BCUT2D eigenvalue weighted by molar-refractivity contribution is 0.594. The zero-order chi connectivity index (χ0) is 16.4. The van der Waals surface area contributed by atoms with Gasteiger partial charge in [0, 0.05) is 16.7 Å². The largest absolute Gasteiger partial charge is 0.455 e. The van der Waals surface area contributed by atoms with Crippen molar-refractivity contribution in [1.29, 1.82) is 0 Å². The summed E-state index contributed by atoms with van der Waals surface area (Å²) in [6.45, 7) is 0. The number of benzene rings is 3. The summed E-state index contributed by atoms with van der Waals surface area (Å²) >= 11 is 0. The average Bonchev–Trinajstić information content (AvgIpc) is 3.09. The molecule has 0 unspecified atom stereocenters. The zero-order valence-corrected chi connectivity index (χ0v) is 12.9. The van der Waals surface area contributed by atoms with Crippen molar-refractivity contribution in [2.75, 3.05) is 0 Å². The van der Waals surface area contributed by atoms with Gasteiger partial charge in [-0.15, -0.1) is 0 Å². The molecule has 0 bridgehead atoms. The summed E-state index contributed by atoms with van der Waals surface area (Å²) in [5.41, 5.74) is 3.80. The number of furan rings is 1. The van der Waals surface area contributed by atoms with Crippen LogP contribution in [0.3, 0.4) is 0 Å². The van der Waals surface area contributed by atoms with Gasteiger partial charge in [0.1, 0.15) is 17.3 Å². The maximum absolute atomic E-state index is 13.6. The third kappa shape index (κ3) is 2.74. The van der Waals surface area contributed by atoms with E-state index in [1.807, 2.05) is 72.8 Å². The van der Waals surface area contributed by atoms with Gasteiger partial charge in [0.15, 0.2) is 0 Å². The molecule has 0 saturated carbocycles. The molecule has 4 aromatic rings. The van der Waals surface area contributed by atoms with Gasteiger partial charge < -0.3 is 4.42 Å². The summed E-state index contributed by atoms with van der Waals surface area (Å²) in [7, 11) is 0. The molecule has 0 radical (unpaired) electrons. The van der Waals surface area contributed by atoms with Crippen LogP contribution in [0.15, 0.2) is 95.4 Å². The van der Waals surface area contributed by atoms with E-state index in [2.05, 4.69) is 0 Å². The third-order valence-electron chi connectivity index (χ3n) is 3.96. The molecule has 4 rings (SSSR count). The zero-order valence-electron chi connectivity index (χ0n) is 12.9. The summed E-state index contributed by atoms with van der Waals surface area (Å²) in [6, 6.07) is 28.5. The summed E-state index contributed by atoms with van der Waals surface area (Å²) < 4.78 is 19.7. The van der Waals surface area contributed by atoms with E-state index >= 15 is 0 Å². The number of halogens is 1. The third-order valence-corrected chi connectivity index (χ3v) is 3.96. The van der Waals surface area contributed by atoms with E-state index in [1.165, 1.54) is 12.1 Å². The highest BCUT2D eigenvalue weighted by atomic mass is 19.1. The summed E-state index contributed by atoms with van der Waals surface area (Å²) in [4.78, 5) is 0. The minimum atomic E-state index is -0.272. The quantitative estimate of drug-likeness (QED) is 0.425. The predicted molar refractivity (Wildman–Crippen MR) is 95.0 cm³/mol. The van der Waals surface area contributed by atoms with Crippen LogP contribution in [0.4, 0.5) is 4.39 Å². The van der Waals surface area contributed by atoms with Crippen molar-refractivity contribution < 1.29 is 8.81 Å². The Kier molecular flexibility index (Phi) is 3.72. The lowest BCUT2D eigenvalue weighted by Gasteiger charge is -2.02. The van der Waals surface area contributed by atoms with Gasteiger partial charge in [0.2, 0.25) is 0 Å². The first-order valence-electron chi connectivity index (χ1n) is 7.82. The Morgan fingerprint density at radius 1 is 0.583 bits per heavy atom. The molecule has 0 amide bonds. The normalized spacial score (nSPS) is 10.7. The molecule has 0 spiro atoms. The SMILES string of the molecule is Fc1cccc(-c2cc(-c3ccccc3)c(-c3ccccc3)o2)c1. The Hall–Kier alpha value is -3.13. The van der Waals surface area contributed by atoms with E-state index in [9.17, 15) is 4.39 Å². The standard InChI is InChI=1S/C22H15FO/c23-19-13-7-12-18(14-19)21-15-20(16-8-3-1-4-9-16)22(24-21)17-10-5-2-6-11-17/h1-15H. The van der Waals surface area contributed by atoms with Crippen LogP contribution >= 0.6 is 0 Å². The van der Waals surface area contributed by atoms with Crippen molar-refractivity contribution in [2.45, 2.75) is 0 Å². The first kappa shape index (κ1) is 14.5. The Morgan fingerprint density at radius 2 is 1.21 bits per heavy atom. The van der Waals surface area contributed by atoms with Gasteiger partial charge in [-0.1, -0.05) is 72.8 Å². The van der Waals surface area contributed by atoms with Gasteiger partial charge in [0.05, 0.1) is 0 Å². The highest BCUT2D eigenvalue weighted by molar-refractivity contribution is 5.83. The van der Waals surface area contributed by atoms with Gasteiger partial charge >= 0.3 is 0 Å². The second-order valence-electron chi connectivity index (χ2n) is 5.60. The molecule has 1 heterocycles. The lowest BCUT2D eigenvalue weighted by Crippen LogP contribution is -1.78. The molecular formula is C22H15FO. The molecule has 1 aromatic heterocycles. The Labute approximate surface area is 140 Å². The maximum Gasteiger partial charge on any atom is 0.142 e. The van der Waals surface area contributed by atoms with Crippen LogP contribution < -0.4 is 0 Å². The molecule has 0 atom stereocenters. The van der Waals surface area contributed by atoms with Gasteiger partial charge in [-0.2, -0.15) is 0 Å². The van der Waals surface area contributed by atoms with E-state index in [4.69, 9.17) is 4.42 Å². The average molecular weight is 314 g/mol. The Balaban J connectivity index is 1.91. The number of hydrogen-bond donors (Lipinski definition) is 0. The molecule has 0 aliphatic rings. The molecule has 1 nitrogen and oxygen atoms in total. The fraction of sp³-hybridized carbons (Fsp3) is 0. The van der Waals surface area contributed by atoms with Crippen LogP contribution in [-0.2, 0) is 0 Å². The maximum atomic E-state index is 13.6. The van der Waals surface area contributed by atoms with Gasteiger partial charge in [-0.3, -0.25) is 0 Å². The highest BCUT2D eigenvalue weighted by Crippen LogP contribution is 2.38. The van der Waals surface area contributed by atoms with Crippen LogP contribution in [0.1, 0.15) is 0 Å². The van der Waals surface area contributed by atoms with Gasteiger partial charge in [0.25, 0.3) is 0 Å². The molecule has 0 fully saturated rings. The molecule has 24 heavy (non-hydrogen) atoms. The van der Waals surface area contributed by atoms with Gasteiger partial charge in [-0.25, -0.2) is 4.39 Å². The van der Waals surface area contributed by atoms with Crippen LogP contribution in [0.5, 0.6) is 0 Å². The molecular weight excluding hydrogens is 299 g/mol. The van der Waals surface area contributed by atoms with E-state index < -0.39 is 0 Å². The Morgan fingerprint density at radius 3 is 1.88 bits per heavy atom. The number of rotatable bonds is 3. The molecule has 0 aliphatic carbocycles. The van der Waals surface area contributed by atoms with Crippen LogP contribution in [0, 0.1) is 5.82 Å². The van der Waals surface area contributed by atoms with Crippen LogP contribution in [-0.4, -0.2) is 0 Å². The van der Waals surface area contributed by atoms with E-state index in [-0.39, 0.29) is 5.82 Å². The van der Waals surface area contributed by atoms with Crippen molar-refractivity contribution in [3.63, 3.8) is 0 Å².